The normalized spacial score (nSPS) is 12.4. The maximum atomic E-state index is 13.6. The van der Waals surface area contributed by atoms with E-state index in [4.69, 9.17) is 0 Å². The van der Waals surface area contributed by atoms with Crippen LogP contribution in [0.15, 0.2) is 16.7 Å². The molecule has 2 rings (SSSR count). The van der Waals surface area contributed by atoms with E-state index in [1.165, 1.54) is 0 Å². The lowest BCUT2D eigenvalue weighted by atomic mass is 10.2. The number of benzene rings is 1. The van der Waals surface area contributed by atoms with Crippen molar-refractivity contribution in [2.75, 3.05) is 0 Å². The molecule has 92 valence electrons. The predicted molar refractivity (Wildman–Crippen MR) is 53.4 cm³/mol. The Hall–Kier alpha value is -1.18. The third-order valence-corrected chi connectivity index (χ3v) is 2.67. The van der Waals surface area contributed by atoms with E-state index in [-0.39, 0.29) is 9.86 Å². The zero-order valence-electron chi connectivity index (χ0n) is 8.02. The predicted octanol–water partition coefficient (Wildman–Crippen LogP) is 3.64. The van der Waals surface area contributed by atoms with Gasteiger partial charge in [-0.3, -0.25) is 4.68 Å². The van der Waals surface area contributed by atoms with Gasteiger partial charge in [-0.25, -0.2) is 8.78 Å². The van der Waals surface area contributed by atoms with Crippen LogP contribution in [-0.2, 0) is 6.54 Å². The fourth-order valence-corrected chi connectivity index (χ4v) is 1.84. The summed E-state index contributed by atoms with van der Waals surface area (Å²) in [7, 11) is 0. The van der Waals surface area contributed by atoms with Gasteiger partial charge in [0.25, 0.3) is 0 Å². The van der Waals surface area contributed by atoms with Gasteiger partial charge in [0.1, 0.15) is 17.9 Å². The van der Waals surface area contributed by atoms with Crippen molar-refractivity contribution in [3.8, 4) is 0 Å². The Kier molecular flexibility index (Phi) is 2.84. The molecule has 0 aliphatic heterocycles. The number of rotatable bonds is 1. The van der Waals surface area contributed by atoms with Crippen molar-refractivity contribution in [2.45, 2.75) is 12.7 Å². The minimum absolute atomic E-state index is 0.244. The van der Waals surface area contributed by atoms with Gasteiger partial charge in [0, 0.05) is 0 Å². The van der Waals surface area contributed by atoms with E-state index in [1.807, 2.05) is 0 Å². The lowest BCUT2D eigenvalue weighted by Gasteiger charge is -2.08. The molecular formula is C9H4BrF5N2. The molecule has 0 radical (unpaired) electrons. The quantitative estimate of drug-likeness (QED) is 0.580. The summed E-state index contributed by atoms with van der Waals surface area (Å²) in [5, 5.41) is 3.06. The van der Waals surface area contributed by atoms with Gasteiger partial charge in [-0.05, 0) is 22.0 Å². The lowest BCUT2D eigenvalue weighted by Crippen LogP contribution is -2.18. The second-order valence-corrected chi connectivity index (χ2v) is 4.19. The summed E-state index contributed by atoms with van der Waals surface area (Å²) >= 11 is 2.73. The van der Waals surface area contributed by atoms with Crippen LogP contribution in [0.25, 0.3) is 10.9 Å². The van der Waals surface area contributed by atoms with Crippen LogP contribution in [0.5, 0.6) is 0 Å². The lowest BCUT2D eigenvalue weighted by molar-refractivity contribution is -0.141. The average molecular weight is 315 g/mol. The first-order valence-corrected chi connectivity index (χ1v) is 5.14. The summed E-state index contributed by atoms with van der Waals surface area (Å²) in [6, 6.07) is 0.845. The van der Waals surface area contributed by atoms with Crippen LogP contribution in [0.3, 0.4) is 0 Å². The van der Waals surface area contributed by atoms with Crippen LogP contribution in [0, 0.1) is 11.6 Å². The fourth-order valence-electron chi connectivity index (χ4n) is 1.45. The molecule has 0 saturated carbocycles. The highest BCUT2D eigenvalue weighted by atomic mass is 79.9. The zero-order chi connectivity index (χ0) is 12.8. The number of alkyl halides is 3. The van der Waals surface area contributed by atoms with E-state index in [0.29, 0.717) is 4.68 Å². The number of hydrogen-bond donors (Lipinski definition) is 0. The first-order valence-electron chi connectivity index (χ1n) is 4.35. The molecule has 2 aromatic rings. The van der Waals surface area contributed by atoms with Crippen molar-refractivity contribution in [3.05, 3.63) is 28.4 Å². The number of hydrogen-bond acceptors (Lipinski definition) is 1. The van der Waals surface area contributed by atoms with Crippen molar-refractivity contribution in [1.82, 2.24) is 9.78 Å². The van der Waals surface area contributed by atoms with Gasteiger partial charge in [-0.1, -0.05) is 0 Å². The van der Waals surface area contributed by atoms with Gasteiger partial charge < -0.3 is 0 Å². The van der Waals surface area contributed by atoms with E-state index in [2.05, 4.69) is 21.0 Å². The van der Waals surface area contributed by atoms with Crippen molar-refractivity contribution in [2.24, 2.45) is 0 Å². The highest BCUT2D eigenvalue weighted by molar-refractivity contribution is 9.10. The molecule has 0 aliphatic rings. The van der Waals surface area contributed by atoms with Gasteiger partial charge in [0.15, 0.2) is 5.82 Å². The van der Waals surface area contributed by atoms with Gasteiger partial charge >= 0.3 is 6.18 Å². The second kappa shape index (κ2) is 3.94. The Morgan fingerprint density at radius 1 is 1.29 bits per heavy atom. The van der Waals surface area contributed by atoms with E-state index in [9.17, 15) is 22.0 Å². The molecule has 1 aromatic heterocycles. The topological polar surface area (TPSA) is 17.8 Å². The van der Waals surface area contributed by atoms with Gasteiger partial charge in [0.05, 0.1) is 16.1 Å². The molecule has 0 bridgehead atoms. The molecule has 1 aromatic carbocycles. The Morgan fingerprint density at radius 2 is 1.94 bits per heavy atom. The molecular weight excluding hydrogens is 311 g/mol. The van der Waals surface area contributed by atoms with Crippen LogP contribution in [0.4, 0.5) is 22.0 Å². The monoisotopic (exact) mass is 314 g/mol. The van der Waals surface area contributed by atoms with Crippen LogP contribution >= 0.6 is 15.9 Å². The molecule has 17 heavy (non-hydrogen) atoms. The first-order chi connectivity index (χ1) is 7.79. The molecule has 0 spiro atoms. The van der Waals surface area contributed by atoms with Crippen molar-refractivity contribution in [3.63, 3.8) is 0 Å². The zero-order valence-corrected chi connectivity index (χ0v) is 9.61. The van der Waals surface area contributed by atoms with Gasteiger partial charge in [0.2, 0.25) is 0 Å². The van der Waals surface area contributed by atoms with E-state index >= 15 is 0 Å². The summed E-state index contributed by atoms with van der Waals surface area (Å²) < 4.78 is 63.7. The van der Waals surface area contributed by atoms with Gasteiger partial charge in [-0.2, -0.15) is 18.3 Å². The smallest absolute Gasteiger partial charge is 0.253 e. The average Bonchev–Trinajstić information content (AvgIpc) is 2.56. The maximum absolute atomic E-state index is 13.6. The summed E-state index contributed by atoms with van der Waals surface area (Å²) in [6.07, 6.45) is -3.68. The Balaban J connectivity index is 2.67. The fraction of sp³-hybridized carbons (Fsp3) is 0.222. The molecule has 0 atom stereocenters. The molecule has 8 heteroatoms. The van der Waals surface area contributed by atoms with Crippen LogP contribution in [-0.4, -0.2) is 16.0 Å². The Morgan fingerprint density at radius 3 is 2.53 bits per heavy atom. The SMILES string of the molecule is Fc1cc(Br)c(F)c2c1cnn2CC(F)(F)F. The van der Waals surface area contributed by atoms with E-state index in [1.54, 1.807) is 0 Å². The van der Waals surface area contributed by atoms with Crippen molar-refractivity contribution >= 4 is 26.8 Å². The Labute approximate surface area is 100 Å². The molecule has 0 amide bonds. The highest BCUT2D eigenvalue weighted by Crippen LogP contribution is 2.29. The van der Waals surface area contributed by atoms with Crippen LogP contribution in [0.1, 0.15) is 0 Å². The van der Waals surface area contributed by atoms with Crippen LogP contribution < -0.4 is 0 Å². The van der Waals surface area contributed by atoms with Crippen LogP contribution in [0.2, 0.25) is 0 Å². The second-order valence-electron chi connectivity index (χ2n) is 3.33. The molecule has 1 heterocycles. The van der Waals surface area contributed by atoms with E-state index < -0.39 is 29.9 Å². The van der Waals surface area contributed by atoms with Gasteiger partial charge in [-0.15, -0.1) is 0 Å². The van der Waals surface area contributed by atoms with Crippen molar-refractivity contribution in [1.29, 1.82) is 0 Å². The molecule has 2 nitrogen and oxygen atoms in total. The summed E-state index contributed by atoms with van der Waals surface area (Å²) in [4.78, 5) is 0. The summed E-state index contributed by atoms with van der Waals surface area (Å²) in [5.74, 6) is -1.80. The third-order valence-electron chi connectivity index (χ3n) is 2.10. The molecule has 0 aliphatic carbocycles. The minimum Gasteiger partial charge on any atom is -0.253 e. The highest BCUT2D eigenvalue weighted by Gasteiger charge is 2.30. The third kappa shape index (κ3) is 2.26. The number of halogens is 6. The standard InChI is InChI=1S/C9H4BrF5N2/c10-5-1-6(11)4-2-16-17(3-9(13,14)15)8(4)7(5)12/h1-2H,3H2. The molecule has 0 fully saturated rings. The summed E-state index contributed by atoms with van der Waals surface area (Å²) in [5.41, 5.74) is -0.505. The Bertz CT molecular complexity index is 575. The minimum atomic E-state index is -4.55. The summed E-state index contributed by atoms with van der Waals surface area (Å²) in [6.45, 7) is -1.47. The number of aromatic nitrogens is 2. The molecule has 0 N–H and O–H groups in total. The number of nitrogens with zero attached hydrogens (tertiary/aromatic N) is 2. The van der Waals surface area contributed by atoms with E-state index in [0.717, 1.165) is 12.3 Å². The number of fused-ring (bicyclic) bond motifs is 1. The first kappa shape index (κ1) is 12.3. The largest absolute Gasteiger partial charge is 0.408 e. The van der Waals surface area contributed by atoms with Crippen molar-refractivity contribution < 1.29 is 22.0 Å². The maximum Gasteiger partial charge on any atom is 0.408 e. The molecule has 0 unspecified atom stereocenters. The molecule has 0 saturated heterocycles.